The Labute approximate surface area is 143 Å². The van der Waals surface area contributed by atoms with Crippen LogP contribution in [-0.2, 0) is 4.79 Å². The van der Waals surface area contributed by atoms with Gasteiger partial charge in [-0.2, -0.15) is 0 Å². The summed E-state index contributed by atoms with van der Waals surface area (Å²) in [7, 11) is 0. The predicted molar refractivity (Wildman–Crippen MR) is 91.9 cm³/mol. The van der Waals surface area contributed by atoms with Gasteiger partial charge in [0, 0.05) is 18.3 Å². The molecule has 6 nitrogen and oxygen atoms in total. The lowest BCUT2D eigenvalue weighted by Gasteiger charge is -2.06. The van der Waals surface area contributed by atoms with Crippen molar-refractivity contribution in [2.45, 2.75) is 19.8 Å². The van der Waals surface area contributed by atoms with Crippen LogP contribution in [0.1, 0.15) is 30.3 Å². The minimum Gasteiger partial charge on any atom is -0.447 e. The largest absolute Gasteiger partial charge is 0.447 e. The van der Waals surface area contributed by atoms with Crippen LogP contribution in [0.3, 0.4) is 0 Å². The lowest BCUT2D eigenvalue weighted by Crippen LogP contribution is -2.16. The van der Waals surface area contributed by atoms with Gasteiger partial charge in [0.25, 0.3) is 5.91 Å². The van der Waals surface area contributed by atoms with E-state index in [1.807, 2.05) is 6.92 Å². The molecule has 0 aliphatic heterocycles. The summed E-state index contributed by atoms with van der Waals surface area (Å²) in [5.74, 6) is -1.25. The number of amides is 2. The second kappa shape index (κ2) is 7.12. The third-order valence-corrected chi connectivity index (χ3v) is 3.50. The zero-order valence-corrected chi connectivity index (χ0v) is 13.5. The van der Waals surface area contributed by atoms with Crippen LogP contribution in [0.2, 0.25) is 0 Å². The Balaban J connectivity index is 1.94. The Morgan fingerprint density at radius 1 is 1.16 bits per heavy atom. The van der Waals surface area contributed by atoms with Crippen LogP contribution in [0, 0.1) is 5.82 Å². The van der Waals surface area contributed by atoms with E-state index in [0.717, 1.165) is 0 Å². The van der Waals surface area contributed by atoms with E-state index in [2.05, 4.69) is 15.6 Å². The molecule has 0 unspecified atom stereocenters. The van der Waals surface area contributed by atoms with Crippen LogP contribution in [0.25, 0.3) is 11.1 Å². The first-order valence-corrected chi connectivity index (χ1v) is 7.82. The molecule has 1 aromatic carbocycles. The summed E-state index contributed by atoms with van der Waals surface area (Å²) in [6.07, 6.45) is 2.54. The Hall–Kier alpha value is -3.22. The summed E-state index contributed by atoms with van der Waals surface area (Å²) in [6, 6.07) is 8.67. The fraction of sp³-hybridized carbons (Fsp3) is 0.167. The smallest absolute Gasteiger partial charge is 0.293 e. The van der Waals surface area contributed by atoms with Crippen molar-refractivity contribution < 1.29 is 18.4 Å². The molecule has 0 radical (unpaired) electrons. The molecular formula is C18H16FN3O3. The van der Waals surface area contributed by atoms with Crippen molar-refractivity contribution in [3.05, 3.63) is 54.2 Å². The van der Waals surface area contributed by atoms with Gasteiger partial charge in [0.2, 0.25) is 11.7 Å². The van der Waals surface area contributed by atoms with Gasteiger partial charge in [-0.3, -0.25) is 14.6 Å². The van der Waals surface area contributed by atoms with Crippen molar-refractivity contribution in [3.8, 4) is 0 Å². The van der Waals surface area contributed by atoms with Crippen molar-refractivity contribution in [2.75, 3.05) is 10.6 Å². The fourth-order valence-corrected chi connectivity index (χ4v) is 2.36. The van der Waals surface area contributed by atoms with Gasteiger partial charge in [-0.15, -0.1) is 0 Å². The molecule has 2 N–H and O–H groups in total. The second-order valence-corrected chi connectivity index (χ2v) is 5.42. The molecule has 0 atom stereocenters. The molecule has 3 rings (SSSR count). The van der Waals surface area contributed by atoms with Gasteiger partial charge in [-0.1, -0.05) is 6.92 Å². The first-order valence-electron chi connectivity index (χ1n) is 7.82. The van der Waals surface area contributed by atoms with Crippen molar-refractivity contribution >= 4 is 34.3 Å². The van der Waals surface area contributed by atoms with Crippen molar-refractivity contribution in [2.24, 2.45) is 0 Å². The maximum Gasteiger partial charge on any atom is 0.293 e. The van der Waals surface area contributed by atoms with Gasteiger partial charge in [-0.25, -0.2) is 4.39 Å². The first-order chi connectivity index (χ1) is 12.1. The topological polar surface area (TPSA) is 84.2 Å². The average Bonchev–Trinajstić information content (AvgIpc) is 2.96. The number of hydrogen-bond acceptors (Lipinski definition) is 4. The molecule has 0 aliphatic rings. The number of rotatable bonds is 5. The highest BCUT2D eigenvalue weighted by Crippen LogP contribution is 2.30. The van der Waals surface area contributed by atoms with E-state index in [1.165, 1.54) is 24.3 Å². The van der Waals surface area contributed by atoms with Crippen LogP contribution in [0.5, 0.6) is 0 Å². The summed E-state index contributed by atoms with van der Waals surface area (Å²) in [6.45, 7) is 1.88. The quantitative estimate of drug-likeness (QED) is 0.736. The molecule has 25 heavy (non-hydrogen) atoms. The molecule has 0 saturated carbocycles. The molecule has 3 aromatic rings. The van der Waals surface area contributed by atoms with E-state index in [0.29, 0.717) is 29.6 Å². The van der Waals surface area contributed by atoms with Crippen LogP contribution in [0.4, 0.5) is 15.8 Å². The summed E-state index contributed by atoms with van der Waals surface area (Å²) in [4.78, 5) is 28.7. The number of hydrogen-bond donors (Lipinski definition) is 2. The molecular weight excluding hydrogens is 325 g/mol. The van der Waals surface area contributed by atoms with Gasteiger partial charge in [-0.05, 0) is 42.8 Å². The standard InChI is InChI=1S/C18H16FN3O3/c1-2-4-14(23)22-16-15-13(5-3-10-20-15)25-17(16)18(24)21-12-8-6-11(19)7-9-12/h3,5-10H,2,4H2,1H3,(H,21,24)(H,22,23). The lowest BCUT2D eigenvalue weighted by molar-refractivity contribution is -0.116. The van der Waals surface area contributed by atoms with Crippen molar-refractivity contribution in [3.63, 3.8) is 0 Å². The number of carbonyl (C=O) groups excluding carboxylic acids is 2. The lowest BCUT2D eigenvalue weighted by atomic mass is 10.2. The second-order valence-electron chi connectivity index (χ2n) is 5.42. The highest BCUT2D eigenvalue weighted by Gasteiger charge is 2.23. The maximum atomic E-state index is 13.0. The van der Waals surface area contributed by atoms with Crippen molar-refractivity contribution in [1.29, 1.82) is 0 Å². The molecule has 2 aromatic heterocycles. The van der Waals surface area contributed by atoms with Gasteiger partial charge in [0.1, 0.15) is 17.0 Å². The number of anilines is 2. The van der Waals surface area contributed by atoms with Crippen LogP contribution in [-0.4, -0.2) is 16.8 Å². The fourth-order valence-electron chi connectivity index (χ4n) is 2.36. The number of halogens is 1. The van der Waals surface area contributed by atoms with E-state index in [4.69, 9.17) is 4.42 Å². The van der Waals surface area contributed by atoms with Crippen LogP contribution < -0.4 is 10.6 Å². The monoisotopic (exact) mass is 341 g/mol. The van der Waals surface area contributed by atoms with E-state index in [-0.39, 0.29) is 17.4 Å². The molecule has 0 fully saturated rings. The minimum absolute atomic E-state index is 0.0533. The number of carbonyl (C=O) groups is 2. The molecule has 0 aliphatic carbocycles. The minimum atomic E-state index is -0.559. The average molecular weight is 341 g/mol. The summed E-state index contributed by atoms with van der Waals surface area (Å²) < 4.78 is 18.6. The van der Waals surface area contributed by atoms with Crippen LogP contribution in [0.15, 0.2) is 47.0 Å². The number of nitrogens with one attached hydrogen (secondary N) is 2. The normalized spacial score (nSPS) is 10.6. The molecule has 128 valence electrons. The number of aromatic nitrogens is 1. The van der Waals surface area contributed by atoms with Gasteiger partial charge >= 0.3 is 0 Å². The molecule has 2 heterocycles. The zero-order valence-electron chi connectivity index (χ0n) is 13.5. The van der Waals surface area contributed by atoms with Crippen molar-refractivity contribution in [1.82, 2.24) is 4.98 Å². The van der Waals surface area contributed by atoms with Crippen LogP contribution >= 0.6 is 0 Å². The zero-order chi connectivity index (χ0) is 17.8. The van der Waals surface area contributed by atoms with E-state index in [9.17, 15) is 14.0 Å². The molecule has 0 bridgehead atoms. The number of furan rings is 1. The third-order valence-electron chi connectivity index (χ3n) is 3.50. The summed E-state index contributed by atoms with van der Waals surface area (Å²) in [5.41, 5.74) is 1.43. The van der Waals surface area contributed by atoms with Gasteiger partial charge < -0.3 is 15.1 Å². The summed E-state index contributed by atoms with van der Waals surface area (Å²) >= 11 is 0. The predicted octanol–water partition coefficient (Wildman–Crippen LogP) is 3.96. The Kier molecular flexibility index (Phi) is 4.74. The number of benzene rings is 1. The van der Waals surface area contributed by atoms with Gasteiger partial charge in [0.15, 0.2) is 5.58 Å². The van der Waals surface area contributed by atoms with Gasteiger partial charge in [0.05, 0.1) is 0 Å². The Bertz CT molecular complexity index is 919. The van der Waals surface area contributed by atoms with E-state index < -0.39 is 11.7 Å². The highest BCUT2D eigenvalue weighted by atomic mass is 19.1. The highest BCUT2D eigenvalue weighted by molar-refractivity contribution is 6.13. The molecule has 7 heteroatoms. The number of fused-ring (bicyclic) bond motifs is 1. The molecule has 2 amide bonds. The number of nitrogens with zero attached hydrogens (tertiary/aromatic N) is 1. The first kappa shape index (κ1) is 16.6. The molecule has 0 spiro atoms. The Morgan fingerprint density at radius 2 is 1.92 bits per heavy atom. The van der Waals surface area contributed by atoms with E-state index >= 15 is 0 Å². The third kappa shape index (κ3) is 3.65. The SMILES string of the molecule is CCCC(=O)Nc1c(C(=O)Nc2ccc(F)cc2)oc2cccnc12. The van der Waals surface area contributed by atoms with E-state index in [1.54, 1.807) is 18.3 Å². The summed E-state index contributed by atoms with van der Waals surface area (Å²) in [5, 5.41) is 5.31. The number of pyridine rings is 1. The Morgan fingerprint density at radius 3 is 2.64 bits per heavy atom. The maximum absolute atomic E-state index is 13.0. The molecule has 0 saturated heterocycles.